The molecule has 6 nitrogen and oxygen atoms in total. The summed E-state index contributed by atoms with van der Waals surface area (Å²) in [6, 6.07) is 10.6. The molecule has 0 bridgehead atoms. The van der Waals surface area contributed by atoms with Crippen molar-refractivity contribution in [1.82, 2.24) is 5.32 Å². The first-order chi connectivity index (χ1) is 14.4. The van der Waals surface area contributed by atoms with Crippen LogP contribution in [0.1, 0.15) is 12.5 Å². The molecule has 0 atom stereocenters. The number of amides is 2. The van der Waals surface area contributed by atoms with Gasteiger partial charge in [0.1, 0.15) is 4.32 Å². The maximum Gasteiger partial charge on any atom is 0.263 e. The Kier molecular flexibility index (Phi) is 7.98. The Morgan fingerprint density at radius 1 is 1.33 bits per heavy atom. The van der Waals surface area contributed by atoms with Gasteiger partial charge in [0.05, 0.1) is 25.8 Å². The maximum absolute atomic E-state index is 12.3. The molecule has 1 fully saturated rings. The number of anilines is 1. The molecule has 1 saturated heterocycles. The maximum atomic E-state index is 12.3. The third-order valence-corrected chi connectivity index (χ3v) is 6.06. The lowest BCUT2D eigenvalue weighted by Crippen LogP contribution is -2.21. The van der Waals surface area contributed by atoms with E-state index in [0.29, 0.717) is 38.0 Å². The molecule has 0 aromatic heterocycles. The molecule has 2 aromatic carbocycles. The fraction of sp³-hybridized carbons (Fsp3) is 0.150. The van der Waals surface area contributed by atoms with E-state index in [9.17, 15) is 9.59 Å². The Morgan fingerprint density at radius 3 is 2.77 bits per heavy atom. The quantitative estimate of drug-likeness (QED) is 0.280. The molecule has 2 amide bonds. The van der Waals surface area contributed by atoms with Crippen LogP contribution < -0.4 is 20.1 Å². The van der Waals surface area contributed by atoms with Crippen molar-refractivity contribution in [3.05, 3.63) is 55.5 Å². The van der Waals surface area contributed by atoms with E-state index in [1.165, 1.54) is 11.8 Å². The molecule has 0 aliphatic carbocycles. The highest BCUT2D eigenvalue weighted by Crippen LogP contribution is 2.36. The smallest absolute Gasteiger partial charge is 0.263 e. The average Bonchev–Trinajstić information content (AvgIpc) is 3.00. The van der Waals surface area contributed by atoms with Crippen LogP contribution in [0.25, 0.3) is 6.08 Å². The Balaban J connectivity index is 1.76. The largest absolute Gasteiger partial charge is 0.490 e. The van der Waals surface area contributed by atoms with Crippen LogP contribution in [0, 0.1) is 3.57 Å². The van der Waals surface area contributed by atoms with Gasteiger partial charge in [-0.15, -0.1) is 0 Å². The Morgan fingerprint density at radius 2 is 2.10 bits per heavy atom. The van der Waals surface area contributed by atoms with Gasteiger partial charge in [0.25, 0.3) is 11.8 Å². The zero-order chi connectivity index (χ0) is 21.7. The Hall–Kier alpha value is -1.82. The zero-order valence-electron chi connectivity index (χ0n) is 15.7. The number of hydrogen-bond acceptors (Lipinski definition) is 6. The van der Waals surface area contributed by atoms with Crippen molar-refractivity contribution in [2.45, 2.75) is 6.92 Å². The molecule has 1 aliphatic rings. The number of hydrogen-bond donors (Lipinski definition) is 2. The van der Waals surface area contributed by atoms with Crippen LogP contribution in [0.15, 0.2) is 41.3 Å². The van der Waals surface area contributed by atoms with Gasteiger partial charge in [0.2, 0.25) is 0 Å². The second-order valence-corrected chi connectivity index (χ2v) is 9.22. The molecule has 30 heavy (non-hydrogen) atoms. The molecule has 1 heterocycles. The first kappa shape index (κ1) is 22.9. The number of carbonyl (C=O) groups excluding carboxylic acids is 2. The minimum Gasteiger partial charge on any atom is -0.490 e. The molecular formula is C20H16ClIN2O4S2. The predicted molar refractivity (Wildman–Crippen MR) is 132 cm³/mol. The van der Waals surface area contributed by atoms with E-state index in [1.807, 2.05) is 13.0 Å². The molecule has 156 valence electrons. The summed E-state index contributed by atoms with van der Waals surface area (Å²) in [6.07, 6.45) is 1.73. The van der Waals surface area contributed by atoms with E-state index < -0.39 is 0 Å². The van der Waals surface area contributed by atoms with E-state index in [4.69, 9.17) is 33.3 Å². The van der Waals surface area contributed by atoms with Gasteiger partial charge in [-0.05, 0) is 65.4 Å². The Bertz CT molecular complexity index is 1050. The molecule has 2 aromatic rings. The number of para-hydroxylation sites is 1. The first-order valence-electron chi connectivity index (χ1n) is 8.75. The molecule has 3 rings (SSSR count). The van der Waals surface area contributed by atoms with Crippen molar-refractivity contribution in [1.29, 1.82) is 0 Å². The third kappa shape index (κ3) is 5.87. The van der Waals surface area contributed by atoms with Crippen molar-refractivity contribution >= 4 is 86.1 Å². The number of thioether (sulfide) groups is 1. The molecule has 0 saturated carbocycles. The summed E-state index contributed by atoms with van der Waals surface area (Å²) in [4.78, 5) is 24.7. The number of rotatable bonds is 7. The lowest BCUT2D eigenvalue weighted by atomic mass is 10.2. The molecule has 0 spiro atoms. The standard InChI is InChI=1S/C20H16ClIN2O4S2/c1-2-27-15-8-11(9-16-19(26)24-20(29)30-16)7-13(22)18(15)28-10-17(25)23-14-6-4-3-5-12(14)21/h3-9H,2,10H2,1H3,(H,23,25)(H,24,26,29)/b16-9-. The van der Waals surface area contributed by atoms with Crippen molar-refractivity contribution in [3.63, 3.8) is 0 Å². The SMILES string of the molecule is CCOc1cc(/C=C2\SC(=S)NC2=O)cc(I)c1OCC(=O)Nc1ccccc1Cl. The second-order valence-electron chi connectivity index (χ2n) is 5.93. The monoisotopic (exact) mass is 574 g/mol. The van der Waals surface area contributed by atoms with Crippen molar-refractivity contribution in [2.75, 3.05) is 18.5 Å². The number of nitrogens with one attached hydrogen (secondary N) is 2. The third-order valence-electron chi connectivity index (χ3n) is 3.77. The molecule has 10 heteroatoms. The van der Waals surface area contributed by atoms with Crippen LogP contribution in [0.4, 0.5) is 5.69 Å². The molecule has 1 aliphatic heterocycles. The fourth-order valence-corrected chi connectivity index (χ4v) is 4.54. The van der Waals surface area contributed by atoms with Gasteiger partial charge in [0.15, 0.2) is 18.1 Å². The normalized spacial score (nSPS) is 14.6. The minimum absolute atomic E-state index is 0.214. The molecule has 0 unspecified atom stereocenters. The summed E-state index contributed by atoms with van der Waals surface area (Å²) in [5, 5.41) is 5.74. The first-order valence-corrected chi connectivity index (χ1v) is 11.4. The summed E-state index contributed by atoms with van der Waals surface area (Å²) < 4.78 is 12.6. The number of benzene rings is 2. The van der Waals surface area contributed by atoms with Crippen LogP contribution in [0.3, 0.4) is 0 Å². The van der Waals surface area contributed by atoms with Gasteiger partial charge in [-0.3, -0.25) is 9.59 Å². The van der Waals surface area contributed by atoms with Crippen LogP contribution in [0.5, 0.6) is 11.5 Å². The van der Waals surface area contributed by atoms with Gasteiger partial charge < -0.3 is 20.1 Å². The van der Waals surface area contributed by atoms with Crippen molar-refractivity contribution in [2.24, 2.45) is 0 Å². The molecule has 0 radical (unpaired) electrons. The number of halogens is 2. The van der Waals surface area contributed by atoms with E-state index in [2.05, 4.69) is 33.2 Å². The summed E-state index contributed by atoms with van der Waals surface area (Å²) in [6.45, 7) is 2.05. The number of carbonyl (C=O) groups is 2. The Labute approximate surface area is 201 Å². The highest BCUT2D eigenvalue weighted by molar-refractivity contribution is 14.1. The molecule has 2 N–H and O–H groups in total. The lowest BCUT2D eigenvalue weighted by molar-refractivity contribution is -0.118. The van der Waals surface area contributed by atoms with E-state index >= 15 is 0 Å². The summed E-state index contributed by atoms with van der Waals surface area (Å²) in [5.74, 6) is 0.357. The zero-order valence-corrected chi connectivity index (χ0v) is 20.2. The van der Waals surface area contributed by atoms with Crippen LogP contribution in [0.2, 0.25) is 5.02 Å². The molecular weight excluding hydrogens is 559 g/mol. The van der Waals surface area contributed by atoms with E-state index in [1.54, 1.807) is 36.4 Å². The number of ether oxygens (including phenoxy) is 2. The predicted octanol–water partition coefficient (Wildman–Crippen LogP) is 4.85. The highest BCUT2D eigenvalue weighted by Gasteiger charge is 2.22. The van der Waals surface area contributed by atoms with Gasteiger partial charge in [-0.1, -0.05) is 47.7 Å². The van der Waals surface area contributed by atoms with Crippen molar-refractivity contribution < 1.29 is 19.1 Å². The van der Waals surface area contributed by atoms with E-state index in [0.717, 1.165) is 9.13 Å². The van der Waals surface area contributed by atoms with Crippen LogP contribution in [-0.2, 0) is 9.59 Å². The van der Waals surface area contributed by atoms with Crippen molar-refractivity contribution in [3.8, 4) is 11.5 Å². The fourth-order valence-electron chi connectivity index (χ4n) is 2.53. The van der Waals surface area contributed by atoms with Crippen LogP contribution >= 0.6 is 58.2 Å². The van der Waals surface area contributed by atoms with Gasteiger partial charge in [-0.2, -0.15) is 0 Å². The average molecular weight is 575 g/mol. The number of thiocarbonyl (C=S) groups is 1. The second kappa shape index (κ2) is 10.5. The lowest BCUT2D eigenvalue weighted by Gasteiger charge is -2.15. The topological polar surface area (TPSA) is 76.7 Å². The van der Waals surface area contributed by atoms with Gasteiger partial charge >= 0.3 is 0 Å². The van der Waals surface area contributed by atoms with E-state index in [-0.39, 0.29) is 18.4 Å². The minimum atomic E-state index is -0.347. The summed E-state index contributed by atoms with van der Waals surface area (Å²) in [7, 11) is 0. The van der Waals surface area contributed by atoms with Crippen LogP contribution in [-0.4, -0.2) is 29.3 Å². The highest BCUT2D eigenvalue weighted by atomic mass is 127. The van der Waals surface area contributed by atoms with Gasteiger partial charge in [0, 0.05) is 0 Å². The van der Waals surface area contributed by atoms with Gasteiger partial charge in [-0.25, -0.2) is 0 Å². The summed E-state index contributed by atoms with van der Waals surface area (Å²) in [5.41, 5.74) is 1.28. The summed E-state index contributed by atoms with van der Waals surface area (Å²) >= 11 is 14.4.